The van der Waals surface area contributed by atoms with Gasteiger partial charge in [0.2, 0.25) is 5.89 Å². The minimum Gasteiger partial charge on any atom is -0.490 e. The van der Waals surface area contributed by atoms with Crippen LogP contribution in [0.4, 0.5) is 0 Å². The number of halogens is 2. The van der Waals surface area contributed by atoms with Gasteiger partial charge in [-0.2, -0.15) is 0 Å². The Labute approximate surface area is 187 Å². The molecule has 0 saturated carbocycles. The first-order chi connectivity index (χ1) is 13.7. The van der Waals surface area contributed by atoms with E-state index in [0.717, 1.165) is 17.7 Å². The molecule has 1 saturated heterocycles. The monoisotopic (exact) mass is 450 g/mol. The lowest BCUT2D eigenvalue weighted by Crippen LogP contribution is -2.56. The second kappa shape index (κ2) is 11.0. The number of amides is 1. The first kappa shape index (κ1) is 23.7. The number of benzene rings is 1. The Kier molecular flexibility index (Phi) is 8.65. The Balaban J connectivity index is 0.00000160. The van der Waals surface area contributed by atoms with Gasteiger partial charge in [-0.15, -0.1) is 24.8 Å². The van der Waals surface area contributed by atoms with E-state index in [0.29, 0.717) is 37.0 Å². The lowest BCUT2D eigenvalue weighted by molar-refractivity contribution is 0.0553. The highest BCUT2D eigenvalue weighted by Crippen LogP contribution is 2.21. The number of aryl methyl sites for hydroxylation is 1. The molecule has 1 N–H and O–H groups in total. The standard InChI is InChI=1S/C21H22N4O3.2ClH/c1-15-4-6-16(7-5-15)20-24-19(14-28-20)21(26)25-10-9-23-11-17(25)13-27-18-3-2-8-22-12-18;;/h2-8,12,14,17,23H,9-11,13H2,1H3;2*1H. The van der Waals surface area contributed by atoms with Gasteiger partial charge in [0.05, 0.1) is 12.2 Å². The van der Waals surface area contributed by atoms with Gasteiger partial charge in [0.25, 0.3) is 5.91 Å². The Hall–Kier alpha value is -2.61. The minimum absolute atomic E-state index is 0. The molecule has 1 amide bonds. The number of ether oxygens (including phenoxy) is 1. The lowest BCUT2D eigenvalue weighted by atomic mass is 10.1. The molecule has 1 fully saturated rings. The number of aromatic nitrogens is 2. The molecule has 2 aromatic heterocycles. The van der Waals surface area contributed by atoms with Gasteiger partial charge in [-0.1, -0.05) is 17.7 Å². The minimum atomic E-state index is -0.150. The zero-order chi connectivity index (χ0) is 19.3. The SMILES string of the molecule is Cc1ccc(-c2nc(C(=O)N3CCNCC3COc3cccnc3)co2)cc1.Cl.Cl. The van der Waals surface area contributed by atoms with Crippen molar-refractivity contribution in [2.75, 3.05) is 26.2 Å². The van der Waals surface area contributed by atoms with E-state index < -0.39 is 0 Å². The van der Waals surface area contributed by atoms with E-state index in [4.69, 9.17) is 9.15 Å². The van der Waals surface area contributed by atoms with Crippen LogP contribution in [0.25, 0.3) is 11.5 Å². The fourth-order valence-corrected chi connectivity index (χ4v) is 3.15. The number of nitrogens with one attached hydrogen (secondary N) is 1. The van der Waals surface area contributed by atoms with Crippen molar-refractivity contribution in [1.29, 1.82) is 0 Å². The summed E-state index contributed by atoms with van der Waals surface area (Å²) in [4.78, 5) is 23.3. The second-order valence-corrected chi connectivity index (χ2v) is 6.76. The Morgan fingerprint density at radius 3 is 2.80 bits per heavy atom. The molecule has 1 aliphatic heterocycles. The van der Waals surface area contributed by atoms with E-state index in [1.54, 1.807) is 17.3 Å². The van der Waals surface area contributed by atoms with Crippen LogP contribution in [0.5, 0.6) is 5.75 Å². The van der Waals surface area contributed by atoms with Crippen molar-refractivity contribution in [2.24, 2.45) is 0 Å². The van der Waals surface area contributed by atoms with Gasteiger partial charge in [0.1, 0.15) is 18.6 Å². The van der Waals surface area contributed by atoms with Crippen LogP contribution in [-0.2, 0) is 0 Å². The number of rotatable bonds is 5. The third kappa shape index (κ3) is 5.50. The van der Waals surface area contributed by atoms with Gasteiger partial charge < -0.3 is 19.4 Å². The maximum Gasteiger partial charge on any atom is 0.276 e. The molecule has 160 valence electrons. The fourth-order valence-electron chi connectivity index (χ4n) is 3.15. The van der Waals surface area contributed by atoms with Crippen molar-refractivity contribution < 1.29 is 13.9 Å². The highest BCUT2D eigenvalue weighted by atomic mass is 35.5. The molecule has 1 unspecified atom stereocenters. The predicted molar refractivity (Wildman–Crippen MR) is 119 cm³/mol. The summed E-state index contributed by atoms with van der Waals surface area (Å²) in [5.74, 6) is 0.980. The summed E-state index contributed by atoms with van der Waals surface area (Å²) in [6, 6.07) is 11.4. The number of hydrogen-bond donors (Lipinski definition) is 1. The van der Waals surface area contributed by atoms with Gasteiger partial charge in [-0.05, 0) is 31.2 Å². The number of oxazole rings is 1. The summed E-state index contributed by atoms with van der Waals surface area (Å²) in [6.45, 7) is 4.39. The maximum atomic E-state index is 13.0. The van der Waals surface area contributed by atoms with Crippen molar-refractivity contribution in [2.45, 2.75) is 13.0 Å². The van der Waals surface area contributed by atoms with Gasteiger partial charge in [-0.25, -0.2) is 4.98 Å². The molecule has 3 heterocycles. The lowest BCUT2D eigenvalue weighted by Gasteiger charge is -2.35. The van der Waals surface area contributed by atoms with Crippen LogP contribution in [0.2, 0.25) is 0 Å². The number of nitrogens with zero attached hydrogens (tertiary/aromatic N) is 3. The number of carbonyl (C=O) groups is 1. The van der Waals surface area contributed by atoms with Gasteiger partial charge in [0.15, 0.2) is 5.69 Å². The van der Waals surface area contributed by atoms with E-state index in [1.807, 2.05) is 43.3 Å². The zero-order valence-corrected chi connectivity index (χ0v) is 18.1. The Morgan fingerprint density at radius 1 is 1.27 bits per heavy atom. The predicted octanol–water partition coefficient (Wildman–Crippen LogP) is 3.38. The van der Waals surface area contributed by atoms with Crippen LogP contribution >= 0.6 is 24.8 Å². The Bertz CT molecular complexity index is 935. The van der Waals surface area contributed by atoms with Crippen molar-refractivity contribution in [3.8, 4) is 17.2 Å². The largest absolute Gasteiger partial charge is 0.490 e. The summed E-state index contributed by atoms with van der Waals surface area (Å²) in [7, 11) is 0. The van der Waals surface area contributed by atoms with E-state index in [2.05, 4.69) is 15.3 Å². The van der Waals surface area contributed by atoms with Crippen LogP contribution in [0.1, 0.15) is 16.1 Å². The average Bonchev–Trinajstić information content (AvgIpc) is 3.23. The van der Waals surface area contributed by atoms with Crippen LogP contribution < -0.4 is 10.1 Å². The molecular formula is C21H24Cl2N4O3. The molecule has 0 spiro atoms. The molecule has 1 atom stereocenters. The third-order valence-electron chi connectivity index (χ3n) is 4.71. The first-order valence-electron chi connectivity index (χ1n) is 9.28. The summed E-state index contributed by atoms with van der Waals surface area (Å²) in [5.41, 5.74) is 2.31. The molecule has 1 aliphatic rings. The molecule has 0 bridgehead atoms. The molecular weight excluding hydrogens is 427 g/mol. The van der Waals surface area contributed by atoms with Crippen molar-refractivity contribution >= 4 is 30.7 Å². The summed E-state index contributed by atoms with van der Waals surface area (Å²) >= 11 is 0. The highest BCUT2D eigenvalue weighted by molar-refractivity contribution is 5.92. The van der Waals surface area contributed by atoms with E-state index in [9.17, 15) is 4.79 Å². The fraction of sp³-hybridized carbons (Fsp3) is 0.286. The molecule has 1 aromatic carbocycles. The Morgan fingerprint density at radius 2 is 2.07 bits per heavy atom. The van der Waals surface area contributed by atoms with Gasteiger partial charge in [-0.3, -0.25) is 9.78 Å². The van der Waals surface area contributed by atoms with E-state index in [-0.39, 0.29) is 36.8 Å². The van der Waals surface area contributed by atoms with Gasteiger partial charge in [0, 0.05) is 31.4 Å². The molecule has 9 heteroatoms. The van der Waals surface area contributed by atoms with Crippen molar-refractivity contribution in [3.63, 3.8) is 0 Å². The summed E-state index contributed by atoms with van der Waals surface area (Å²) in [6.07, 6.45) is 4.79. The zero-order valence-electron chi connectivity index (χ0n) is 16.5. The molecule has 7 nitrogen and oxygen atoms in total. The van der Waals surface area contributed by atoms with Crippen LogP contribution in [0.15, 0.2) is 59.5 Å². The molecule has 0 aliphatic carbocycles. The van der Waals surface area contributed by atoms with Crippen molar-refractivity contribution in [3.05, 3.63) is 66.3 Å². The van der Waals surface area contributed by atoms with E-state index >= 15 is 0 Å². The number of piperazine rings is 1. The third-order valence-corrected chi connectivity index (χ3v) is 4.71. The smallest absolute Gasteiger partial charge is 0.276 e. The maximum absolute atomic E-state index is 13.0. The van der Waals surface area contributed by atoms with Crippen LogP contribution in [0, 0.1) is 6.92 Å². The number of carbonyl (C=O) groups excluding carboxylic acids is 1. The molecule has 0 radical (unpaired) electrons. The average molecular weight is 451 g/mol. The number of hydrogen-bond acceptors (Lipinski definition) is 6. The molecule has 4 rings (SSSR count). The van der Waals surface area contributed by atoms with Crippen LogP contribution in [-0.4, -0.2) is 53.1 Å². The number of pyridine rings is 1. The molecule has 30 heavy (non-hydrogen) atoms. The quantitative estimate of drug-likeness (QED) is 0.641. The van der Waals surface area contributed by atoms with Crippen molar-refractivity contribution in [1.82, 2.24) is 20.2 Å². The first-order valence-corrected chi connectivity index (χ1v) is 9.28. The summed E-state index contributed by atoms with van der Waals surface area (Å²) in [5, 5.41) is 3.31. The second-order valence-electron chi connectivity index (χ2n) is 6.76. The normalized spacial score (nSPS) is 15.6. The highest BCUT2D eigenvalue weighted by Gasteiger charge is 2.30. The van der Waals surface area contributed by atoms with Crippen LogP contribution in [0.3, 0.4) is 0 Å². The summed E-state index contributed by atoms with van der Waals surface area (Å²) < 4.78 is 11.4. The van der Waals surface area contributed by atoms with E-state index in [1.165, 1.54) is 6.26 Å². The molecule has 3 aromatic rings. The van der Waals surface area contributed by atoms with Gasteiger partial charge >= 0.3 is 0 Å². The topological polar surface area (TPSA) is 80.5 Å².